The van der Waals surface area contributed by atoms with Crippen LogP contribution in [-0.4, -0.2) is 30.2 Å². The van der Waals surface area contributed by atoms with Crippen molar-refractivity contribution >= 4 is 11.7 Å². The minimum Gasteiger partial charge on any atom is -0.497 e. The van der Waals surface area contributed by atoms with E-state index >= 15 is 0 Å². The minimum absolute atomic E-state index is 0.00429. The van der Waals surface area contributed by atoms with E-state index < -0.39 is 0 Å². The first-order valence-electron chi connectivity index (χ1n) is 5.57. The molecular weight excluding hydrogens is 218 g/mol. The number of amides is 1. The fraction of sp³-hybridized carbons (Fsp3) is 0.385. The first-order chi connectivity index (χ1) is 8.11. The zero-order chi connectivity index (χ0) is 12.4. The number of Topliss-reactive ketones (excluding diaryl/α,β-unsaturated/α-hetero) is 1. The molecule has 1 aliphatic rings. The van der Waals surface area contributed by atoms with Gasteiger partial charge in [0, 0.05) is 0 Å². The number of likely N-dealkylation sites (tertiary alicyclic amines) is 1. The standard InChI is InChI=1S/C13H15NO3/c1-9(14-8-11(15)7-13(14)16)10-3-5-12(17-2)6-4-10/h3-6,9H,7-8H2,1-2H3/t9-/m0/s1. The lowest BCUT2D eigenvalue weighted by molar-refractivity contribution is -0.129. The number of benzene rings is 1. The molecule has 1 aromatic carbocycles. The number of methoxy groups -OCH3 is 1. The van der Waals surface area contributed by atoms with E-state index in [0.29, 0.717) is 0 Å². The van der Waals surface area contributed by atoms with E-state index in [1.165, 1.54) is 0 Å². The molecule has 1 fully saturated rings. The maximum absolute atomic E-state index is 11.6. The highest BCUT2D eigenvalue weighted by atomic mass is 16.5. The van der Waals surface area contributed by atoms with Crippen LogP contribution in [0.15, 0.2) is 24.3 Å². The lowest BCUT2D eigenvalue weighted by Gasteiger charge is -2.23. The third-order valence-electron chi connectivity index (χ3n) is 3.08. The van der Waals surface area contributed by atoms with Crippen molar-refractivity contribution < 1.29 is 14.3 Å². The second-order valence-corrected chi connectivity index (χ2v) is 4.19. The number of carbonyl (C=O) groups is 2. The van der Waals surface area contributed by atoms with Crippen LogP contribution < -0.4 is 4.74 Å². The van der Waals surface area contributed by atoms with Crippen LogP contribution in [0, 0.1) is 0 Å². The molecule has 4 nitrogen and oxygen atoms in total. The molecule has 1 aliphatic heterocycles. The van der Waals surface area contributed by atoms with E-state index in [4.69, 9.17) is 4.74 Å². The zero-order valence-electron chi connectivity index (χ0n) is 9.97. The van der Waals surface area contributed by atoms with Crippen molar-refractivity contribution in [1.82, 2.24) is 4.90 Å². The van der Waals surface area contributed by atoms with Crippen LogP contribution in [0.4, 0.5) is 0 Å². The molecule has 0 unspecified atom stereocenters. The molecule has 1 heterocycles. The molecule has 1 saturated heterocycles. The highest BCUT2D eigenvalue weighted by Crippen LogP contribution is 2.25. The second-order valence-electron chi connectivity index (χ2n) is 4.19. The van der Waals surface area contributed by atoms with Gasteiger partial charge in [-0.25, -0.2) is 0 Å². The quantitative estimate of drug-likeness (QED) is 0.744. The lowest BCUT2D eigenvalue weighted by atomic mass is 10.1. The molecule has 0 bridgehead atoms. The third-order valence-corrected chi connectivity index (χ3v) is 3.08. The topological polar surface area (TPSA) is 46.6 Å². The van der Waals surface area contributed by atoms with Crippen LogP contribution in [0.2, 0.25) is 0 Å². The first-order valence-corrected chi connectivity index (χ1v) is 5.57. The molecule has 0 radical (unpaired) electrons. The molecule has 4 heteroatoms. The Bertz CT molecular complexity index is 438. The summed E-state index contributed by atoms with van der Waals surface area (Å²) in [4.78, 5) is 24.4. The summed E-state index contributed by atoms with van der Waals surface area (Å²) in [6, 6.07) is 7.47. The summed E-state index contributed by atoms with van der Waals surface area (Å²) in [5.74, 6) is 0.693. The Morgan fingerprint density at radius 2 is 1.88 bits per heavy atom. The highest BCUT2D eigenvalue weighted by molar-refractivity contribution is 6.05. The summed E-state index contributed by atoms with van der Waals surface area (Å²) in [6.45, 7) is 2.16. The van der Waals surface area contributed by atoms with Gasteiger partial charge >= 0.3 is 0 Å². The van der Waals surface area contributed by atoms with Crippen molar-refractivity contribution in [3.63, 3.8) is 0 Å². The summed E-state index contributed by atoms with van der Waals surface area (Å²) >= 11 is 0. The van der Waals surface area contributed by atoms with Gasteiger partial charge in [0.2, 0.25) is 5.91 Å². The predicted octanol–water partition coefficient (Wildman–Crippen LogP) is 1.56. The average molecular weight is 233 g/mol. The Morgan fingerprint density at radius 3 is 2.35 bits per heavy atom. The van der Waals surface area contributed by atoms with Crippen molar-refractivity contribution in [2.75, 3.05) is 13.7 Å². The van der Waals surface area contributed by atoms with Crippen molar-refractivity contribution in [3.8, 4) is 5.75 Å². The fourth-order valence-electron chi connectivity index (χ4n) is 2.02. The third kappa shape index (κ3) is 2.30. The van der Waals surface area contributed by atoms with Gasteiger partial charge in [0.1, 0.15) is 5.75 Å². The van der Waals surface area contributed by atoms with Crippen LogP contribution >= 0.6 is 0 Å². The van der Waals surface area contributed by atoms with Gasteiger partial charge in [0.05, 0.1) is 26.1 Å². The molecule has 0 aliphatic carbocycles. The smallest absolute Gasteiger partial charge is 0.230 e. The van der Waals surface area contributed by atoms with Crippen LogP contribution in [0.1, 0.15) is 24.9 Å². The number of nitrogens with zero attached hydrogens (tertiary/aromatic N) is 1. The Kier molecular flexibility index (Phi) is 3.13. The fourth-order valence-corrected chi connectivity index (χ4v) is 2.02. The second kappa shape index (κ2) is 4.57. The summed E-state index contributed by atoms with van der Waals surface area (Å²) < 4.78 is 5.08. The van der Waals surface area contributed by atoms with Gasteiger partial charge in [-0.3, -0.25) is 9.59 Å². The van der Waals surface area contributed by atoms with Gasteiger partial charge in [0.25, 0.3) is 0 Å². The normalized spacial score (nSPS) is 17.4. The highest BCUT2D eigenvalue weighted by Gasteiger charge is 2.31. The van der Waals surface area contributed by atoms with Gasteiger partial charge in [-0.05, 0) is 24.6 Å². The molecule has 0 spiro atoms. The molecule has 0 aromatic heterocycles. The summed E-state index contributed by atoms with van der Waals surface area (Å²) in [5, 5.41) is 0. The van der Waals surface area contributed by atoms with Crippen LogP contribution in [-0.2, 0) is 9.59 Å². The van der Waals surface area contributed by atoms with Gasteiger partial charge < -0.3 is 9.64 Å². The molecule has 2 rings (SSSR count). The molecule has 1 atom stereocenters. The molecule has 1 amide bonds. The average Bonchev–Trinajstić information content (AvgIpc) is 2.68. The number of rotatable bonds is 3. The van der Waals surface area contributed by atoms with Gasteiger partial charge in [0.15, 0.2) is 5.78 Å². The SMILES string of the molecule is COc1ccc([C@H](C)N2CC(=O)CC2=O)cc1. The number of ether oxygens (including phenoxy) is 1. The van der Waals surface area contributed by atoms with Gasteiger partial charge in [-0.1, -0.05) is 12.1 Å². The zero-order valence-corrected chi connectivity index (χ0v) is 9.97. The number of carbonyl (C=O) groups excluding carboxylic acids is 2. The molecule has 0 N–H and O–H groups in total. The number of ketones is 1. The maximum atomic E-state index is 11.6. The molecule has 90 valence electrons. The molecule has 1 aromatic rings. The molecule has 17 heavy (non-hydrogen) atoms. The lowest BCUT2D eigenvalue weighted by Crippen LogP contribution is -2.28. The van der Waals surface area contributed by atoms with Crippen molar-refractivity contribution in [3.05, 3.63) is 29.8 Å². The van der Waals surface area contributed by atoms with E-state index in [1.807, 2.05) is 31.2 Å². The Balaban J connectivity index is 2.16. The predicted molar refractivity (Wildman–Crippen MR) is 62.7 cm³/mol. The molecular formula is C13H15NO3. The van der Waals surface area contributed by atoms with Gasteiger partial charge in [-0.2, -0.15) is 0 Å². The van der Waals surface area contributed by atoms with E-state index in [9.17, 15) is 9.59 Å². The maximum Gasteiger partial charge on any atom is 0.230 e. The van der Waals surface area contributed by atoms with E-state index in [0.717, 1.165) is 11.3 Å². The van der Waals surface area contributed by atoms with Crippen LogP contribution in [0.3, 0.4) is 0 Å². The first kappa shape index (κ1) is 11.6. The summed E-state index contributed by atoms with van der Waals surface area (Å²) in [6.07, 6.45) is 0.0422. The molecule has 0 saturated carbocycles. The van der Waals surface area contributed by atoms with Crippen molar-refractivity contribution in [2.24, 2.45) is 0 Å². The Labute approximate surface area is 100 Å². The minimum atomic E-state index is -0.0849. The van der Waals surface area contributed by atoms with E-state index in [2.05, 4.69) is 0 Å². The van der Waals surface area contributed by atoms with Crippen molar-refractivity contribution in [1.29, 1.82) is 0 Å². The Morgan fingerprint density at radius 1 is 1.24 bits per heavy atom. The van der Waals surface area contributed by atoms with Crippen LogP contribution in [0.5, 0.6) is 5.75 Å². The number of hydrogen-bond donors (Lipinski definition) is 0. The number of hydrogen-bond acceptors (Lipinski definition) is 3. The Hall–Kier alpha value is -1.84. The summed E-state index contributed by atoms with van der Waals surface area (Å²) in [7, 11) is 1.61. The largest absolute Gasteiger partial charge is 0.497 e. The monoisotopic (exact) mass is 233 g/mol. The van der Waals surface area contributed by atoms with E-state index in [1.54, 1.807) is 12.0 Å². The van der Waals surface area contributed by atoms with Crippen molar-refractivity contribution in [2.45, 2.75) is 19.4 Å². The van der Waals surface area contributed by atoms with E-state index in [-0.39, 0.29) is 30.7 Å². The summed E-state index contributed by atoms with van der Waals surface area (Å²) in [5.41, 5.74) is 1.01. The van der Waals surface area contributed by atoms with Gasteiger partial charge in [-0.15, -0.1) is 0 Å². The van der Waals surface area contributed by atoms with Crippen LogP contribution in [0.25, 0.3) is 0 Å².